The number of phenolic OH excluding ortho intramolecular Hbond substituents is 2. The first-order chi connectivity index (χ1) is 11.0. The van der Waals surface area contributed by atoms with Gasteiger partial charge in [-0.15, -0.1) is 0 Å². The molecule has 2 rings (SSSR count). The van der Waals surface area contributed by atoms with E-state index in [1.807, 2.05) is 0 Å². The third-order valence-electron chi connectivity index (χ3n) is 3.51. The van der Waals surface area contributed by atoms with Crippen LogP contribution in [0.4, 0.5) is 0 Å². The lowest BCUT2D eigenvalue weighted by Gasteiger charge is -2.15. The SMILES string of the molecule is COc1ccc(C(O)CNCc2ccc(O)cc2O)cc1OC. The normalized spacial score (nSPS) is 12.0. The molecule has 0 spiro atoms. The number of methoxy groups -OCH3 is 2. The number of hydrogen-bond donors (Lipinski definition) is 4. The Kier molecular flexibility index (Phi) is 5.67. The first-order valence-electron chi connectivity index (χ1n) is 7.16. The maximum atomic E-state index is 10.2. The van der Waals surface area contributed by atoms with Crippen LogP contribution in [0.3, 0.4) is 0 Å². The van der Waals surface area contributed by atoms with Gasteiger partial charge in [0.15, 0.2) is 11.5 Å². The molecule has 2 aromatic carbocycles. The van der Waals surface area contributed by atoms with E-state index in [9.17, 15) is 15.3 Å². The number of nitrogens with one attached hydrogen (secondary N) is 1. The lowest BCUT2D eigenvalue weighted by molar-refractivity contribution is 0.173. The second kappa shape index (κ2) is 7.71. The van der Waals surface area contributed by atoms with Crippen molar-refractivity contribution in [2.75, 3.05) is 20.8 Å². The van der Waals surface area contributed by atoms with Crippen molar-refractivity contribution < 1.29 is 24.8 Å². The lowest BCUT2D eigenvalue weighted by atomic mass is 10.1. The molecule has 2 aromatic rings. The Bertz CT molecular complexity index is 659. The van der Waals surface area contributed by atoms with Crippen LogP contribution in [0.15, 0.2) is 36.4 Å². The van der Waals surface area contributed by atoms with Crippen LogP contribution in [0.1, 0.15) is 17.2 Å². The molecule has 0 fully saturated rings. The van der Waals surface area contributed by atoms with Crippen molar-refractivity contribution in [1.29, 1.82) is 0 Å². The zero-order chi connectivity index (χ0) is 16.8. The highest BCUT2D eigenvalue weighted by Gasteiger charge is 2.12. The summed E-state index contributed by atoms with van der Waals surface area (Å²) in [5.74, 6) is 1.18. The summed E-state index contributed by atoms with van der Waals surface area (Å²) >= 11 is 0. The van der Waals surface area contributed by atoms with Crippen LogP contribution in [-0.2, 0) is 6.54 Å². The molecule has 4 N–H and O–H groups in total. The molecule has 0 bridgehead atoms. The van der Waals surface area contributed by atoms with Crippen LogP contribution in [0.25, 0.3) is 0 Å². The van der Waals surface area contributed by atoms with Crippen molar-refractivity contribution in [2.24, 2.45) is 0 Å². The van der Waals surface area contributed by atoms with Crippen molar-refractivity contribution in [3.05, 3.63) is 47.5 Å². The highest BCUT2D eigenvalue weighted by molar-refractivity contribution is 5.43. The fraction of sp³-hybridized carbons (Fsp3) is 0.294. The number of aliphatic hydroxyl groups is 1. The number of benzene rings is 2. The number of ether oxygens (including phenoxy) is 2. The van der Waals surface area contributed by atoms with Gasteiger partial charge in [0.2, 0.25) is 0 Å². The minimum atomic E-state index is -0.728. The molecule has 0 aliphatic heterocycles. The van der Waals surface area contributed by atoms with Gasteiger partial charge < -0.3 is 30.1 Å². The van der Waals surface area contributed by atoms with Gasteiger partial charge in [0, 0.05) is 24.7 Å². The predicted molar refractivity (Wildman–Crippen MR) is 86.0 cm³/mol. The molecule has 124 valence electrons. The number of aliphatic hydroxyl groups excluding tert-OH is 1. The Morgan fingerprint density at radius 3 is 2.39 bits per heavy atom. The van der Waals surface area contributed by atoms with Gasteiger partial charge in [0.25, 0.3) is 0 Å². The van der Waals surface area contributed by atoms with Gasteiger partial charge in [0.1, 0.15) is 11.5 Å². The van der Waals surface area contributed by atoms with E-state index < -0.39 is 6.10 Å². The van der Waals surface area contributed by atoms with Crippen LogP contribution in [0.2, 0.25) is 0 Å². The highest BCUT2D eigenvalue weighted by atomic mass is 16.5. The van der Waals surface area contributed by atoms with Gasteiger partial charge in [0.05, 0.1) is 20.3 Å². The summed E-state index contributed by atoms with van der Waals surface area (Å²) in [4.78, 5) is 0. The first-order valence-corrected chi connectivity index (χ1v) is 7.16. The van der Waals surface area contributed by atoms with Crippen LogP contribution in [-0.4, -0.2) is 36.1 Å². The second-order valence-corrected chi connectivity index (χ2v) is 5.07. The van der Waals surface area contributed by atoms with Crippen LogP contribution >= 0.6 is 0 Å². The lowest BCUT2D eigenvalue weighted by Crippen LogP contribution is -2.21. The molecule has 6 nitrogen and oxygen atoms in total. The van der Waals surface area contributed by atoms with Crippen LogP contribution in [0, 0.1) is 0 Å². The molecule has 0 amide bonds. The summed E-state index contributed by atoms with van der Waals surface area (Å²) in [5, 5.41) is 32.3. The summed E-state index contributed by atoms with van der Waals surface area (Å²) in [6.07, 6.45) is -0.728. The van der Waals surface area contributed by atoms with E-state index in [4.69, 9.17) is 9.47 Å². The molecular weight excluding hydrogens is 298 g/mol. The van der Waals surface area contributed by atoms with Crippen LogP contribution < -0.4 is 14.8 Å². The average molecular weight is 319 g/mol. The Labute approximate surface area is 134 Å². The van der Waals surface area contributed by atoms with Crippen molar-refractivity contribution in [3.63, 3.8) is 0 Å². The summed E-state index contributed by atoms with van der Waals surface area (Å²) in [5.41, 5.74) is 1.34. The molecule has 0 radical (unpaired) electrons. The fourth-order valence-electron chi connectivity index (χ4n) is 2.22. The van der Waals surface area contributed by atoms with E-state index in [0.717, 1.165) is 0 Å². The third kappa shape index (κ3) is 4.28. The molecule has 0 heterocycles. The van der Waals surface area contributed by atoms with Gasteiger partial charge >= 0.3 is 0 Å². The maximum Gasteiger partial charge on any atom is 0.161 e. The molecule has 0 aliphatic carbocycles. The van der Waals surface area contributed by atoms with Gasteiger partial charge in [-0.1, -0.05) is 12.1 Å². The van der Waals surface area contributed by atoms with Crippen molar-refractivity contribution in [2.45, 2.75) is 12.6 Å². The van der Waals surface area contributed by atoms with E-state index in [1.165, 1.54) is 12.1 Å². The van der Waals surface area contributed by atoms with Gasteiger partial charge in [-0.2, -0.15) is 0 Å². The maximum absolute atomic E-state index is 10.2. The summed E-state index contributed by atoms with van der Waals surface area (Å²) in [7, 11) is 3.10. The van der Waals surface area contributed by atoms with Crippen LogP contribution in [0.5, 0.6) is 23.0 Å². The molecule has 1 unspecified atom stereocenters. The Balaban J connectivity index is 1.95. The topological polar surface area (TPSA) is 91.2 Å². The zero-order valence-electron chi connectivity index (χ0n) is 13.1. The van der Waals surface area contributed by atoms with Crippen molar-refractivity contribution in [1.82, 2.24) is 5.32 Å². The minimum absolute atomic E-state index is 0.0108. The number of rotatable bonds is 7. The Morgan fingerprint density at radius 2 is 1.74 bits per heavy atom. The highest BCUT2D eigenvalue weighted by Crippen LogP contribution is 2.30. The second-order valence-electron chi connectivity index (χ2n) is 5.07. The molecule has 0 aliphatic rings. The molecule has 6 heteroatoms. The predicted octanol–water partition coefficient (Wildman–Crippen LogP) is 1.94. The monoisotopic (exact) mass is 319 g/mol. The van der Waals surface area contributed by atoms with Crippen molar-refractivity contribution in [3.8, 4) is 23.0 Å². The third-order valence-corrected chi connectivity index (χ3v) is 3.51. The fourth-order valence-corrected chi connectivity index (χ4v) is 2.22. The summed E-state index contributed by atoms with van der Waals surface area (Å²) in [6.45, 7) is 0.673. The largest absolute Gasteiger partial charge is 0.508 e. The van der Waals surface area contributed by atoms with Crippen molar-refractivity contribution >= 4 is 0 Å². The first kappa shape index (κ1) is 16.9. The van der Waals surface area contributed by atoms with E-state index in [-0.39, 0.29) is 11.5 Å². The minimum Gasteiger partial charge on any atom is -0.508 e. The quantitative estimate of drug-likeness (QED) is 0.623. The number of aromatic hydroxyl groups is 2. The van der Waals surface area contributed by atoms with Gasteiger partial charge in [-0.3, -0.25) is 0 Å². The molecule has 0 aromatic heterocycles. The van der Waals surface area contributed by atoms with Gasteiger partial charge in [-0.25, -0.2) is 0 Å². The number of hydrogen-bond acceptors (Lipinski definition) is 6. The smallest absolute Gasteiger partial charge is 0.161 e. The van der Waals surface area contributed by atoms with E-state index in [1.54, 1.807) is 38.5 Å². The Hall–Kier alpha value is -2.44. The Morgan fingerprint density at radius 1 is 1.00 bits per heavy atom. The molecule has 23 heavy (non-hydrogen) atoms. The van der Waals surface area contributed by atoms with E-state index >= 15 is 0 Å². The number of phenols is 2. The standard InChI is InChI=1S/C17H21NO5/c1-22-16-6-4-11(7-17(16)23-2)15(21)10-18-9-12-3-5-13(19)8-14(12)20/h3-8,15,18-21H,9-10H2,1-2H3. The molecule has 0 saturated carbocycles. The molecule has 1 atom stereocenters. The van der Waals surface area contributed by atoms with Gasteiger partial charge in [-0.05, 0) is 23.8 Å². The molecular formula is C17H21NO5. The van der Waals surface area contributed by atoms with E-state index in [0.29, 0.717) is 35.7 Å². The summed E-state index contributed by atoms with van der Waals surface area (Å²) in [6, 6.07) is 9.64. The summed E-state index contributed by atoms with van der Waals surface area (Å²) < 4.78 is 10.4. The average Bonchev–Trinajstić information content (AvgIpc) is 2.56. The van der Waals surface area contributed by atoms with E-state index in [2.05, 4.69) is 5.32 Å². The molecule has 0 saturated heterocycles. The zero-order valence-corrected chi connectivity index (χ0v) is 13.1.